The molecule has 0 atom stereocenters. The summed E-state index contributed by atoms with van der Waals surface area (Å²) in [7, 11) is 0. The number of nitrogens with zero attached hydrogens (tertiary/aromatic N) is 2. The van der Waals surface area contributed by atoms with E-state index in [9.17, 15) is 9.90 Å². The number of aliphatic imine (C=N–C) groups is 1. The molecule has 1 rings (SSSR count). The van der Waals surface area contributed by atoms with Crippen molar-refractivity contribution in [3.63, 3.8) is 0 Å². The Labute approximate surface area is 124 Å². The van der Waals surface area contributed by atoms with Crippen LogP contribution in [0, 0.1) is 12.5 Å². The van der Waals surface area contributed by atoms with Gasteiger partial charge in [0.2, 0.25) is 0 Å². The van der Waals surface area contributed by atoms with Crippen LogP contribution < -0.4 is 11.1 Å². The highest BCUT2D eigenvalue weighted by Gasteiger charge is 2.13. The molecule has 0 aliphatic heterocycles. The first-order valence-electron chi connectivity index (χ1n) is 6.83. The van der Waals surface area contributed by atoms with Crippen LogP contribution >= 0.6 is 0 Å². The second kappa shape index (κ2) is 7.90. The van der Waals surface area contributed by atoms with Crippen LogP contribution in [0.25, 0.3) is 4.85 Å². The van der Waals surface area contributed by atoms with Gasteiger partial charge < -0.3 is 10.8 Å². The third kappa shape index (κ3) is 4.80. The average molecular weight is 288 g/mol. The number of guanidine groups is 1. The van der Waals surface area contributed by atoms with Crippen molar-refractivity contribution in [3.8, 4) is 5.75 Å². The molecule has 0 aromatic heterocycles. The number of carbonyl (C=O) groups is 1. The molecule has 1 amide bonds. The van der Waals surface area contributed by atoms with Gasteiger partial charge in [-0.15, -0.1) is 0 Å². The molecule has 0 radical (unpaired) electrons. The number of nitrogens with two attached hydrogens (primary N) is 1. The number of phenolic OH excluding ortho intramolecular Hbond substituents is 1. The number of benzene rings is 1. The van der Waals surface area contributed by atoms with E-state index in [4.69, 9.17) is 12.3 Å². The van der Waals surface area contributed by atoms with Gasteiger partial charge in [-0.1, -0.05) is 32.8 Å². The third-order valence-electron chi connectivity index (χ3n) is 3.27. The average Bonchev–Trinajstić information content (AvgIpc) is 2.48. The molecule has 1 aromatic carbocycles. The molecule has 4 N–H and O–H groups in total. The van der Waals surface area contributed by atoms with Gasteiger partial charge in [-0.25, -0.2) is 4.85 Å². The zero-order valence-corrected chi connectivity index (χ0v) is 12.3. The van der Waals surface area contributed by atoms with Gasteiger partial charge in [0.15, 0.2) is 11.6 Å². The molecular weight excluding hydrogens is 268 g/mol. The minimum absolute atomic E-state index is 0.00387. The zero-order valence-electron chi connectivity index (χ0n) is 12.3. The molecule has 0 saturated heterocycles. The van der Waals surface area contributed by atoms with E-state index >= 15 is 0 Å². The Balaban J connectivity index is 2.77. The summed E-state index contributed by atoms with van der Waals surface area (Å²) in [5, 5.41) is 12.1. The van der Waals surface area contributed by atoms with E-state index in [-0.39, 0.29) is 23.0 Å². The van der Waals surface area contributed by atoms with E-state index in [0.29, 0.717) is 12.5 Å². The smallest absolute Gasteiger partial charge is 0.260 e. The summed E-state index contributed by atoms with van der Waals surface area (Å²) in [6.07, 6.45) is 1.99. The van der Waals surface area contributed by atoms with Gasteiger partial charge in [0.05, 0.1) is 12.1 Å². The minimum Gasteiger partial charge on any atom is -0.507 e. The number of phenols is 1. The minimum atomic E-state index is -0.580. The maximum absolute atomic E-state index is 12.0. The van der Waals surface area contributed by atoms with Crippen LogP contribution in [0.3, 0.4) is 0 Å². The van der Waals surface area contributed by atoms with Crippen LogP contribution in [-0.4, -0.2) is 23.5 Å². The number of carbonyl (C=O) groups excluding carboxylic acids is 1. The van der Waals surface area contributed by atoms with Crippen LogP contribution in [0.2, 0.25) is 0 Å². The maximum Gasteiger partial charge on any atom is 0.260 e. The normalized spacial score (nSPS) is 11.2. The van der Waals surface area contributed by atoms with E-state index in [0.717, 1.165) is 12.8 Å². The van der Waals surface area contributed by atoms with Crippen LogP contribution in [0.1, 0.15) is 37.0 Å². The zero-order chi connectivity index (χ0) is 15.8. The van der Waals surface area contributed by atoms with E-state index in [1.807, 2.05) is 0 Å². The Morgan fingerprint density at radius 2 is 2.14 bits per heavy atom. The van der Waals surface area contributed by atoms with Gasteiger partial charge in [-0.2, -0.15) is 0 Å². The fraction of sp³-hybridized carbons (Fsp3) is 0.400. The molecule has 21 heavy (non-hydrogen) atoms. The molecule has 6 nitrogen and oxygen atoms in total. The van der Waals surface area contributed by atoms with Gasteiger partial charge in [0, 0.05) is 6.54 Å². The Bertz CT molecular complexity index is 572. The predicted octanol–water partition coefficient (Wildman–Crippen LogP) is 2.42. The lowest BCUT2D eigenvalue weighted by Gasteiger charge is -2.10. The van der Waals surface area contributed by atoms with E-state index < -0.39 is 5.91 Å². The topological polar surface area (TPSA) is 92.1 Å². The predicted molar refractivity (Wildman–Crippen MR) is 82.4 cm³/mol. The van der Waals surface area contributed by atoms with Gasteiger partial charge in [0.25, 0.3) is 5.91 Å². The first-order chi connectivity index (χ1) is 10.0. The molecule has 6 heteroatoms. The number of hydrogen-bond donors (Lipinski definition) is 3. The van der Waals surface area contributed by atoms with Crippen LogP contribution in [0.5, 0.6) is 5.75 Å². The molecule has 112 valence electrons. The van der Waals surface area contributed by atoms with Crippen molar-refractivity contribution in [1.82, 2.24) is 5.32 Å². The second-order valence-electron chi connectivity index (χ2n) is 4.68. The summed E-state index contributed by atoms with van der Waals surface area (Å²) in [6.45, 7) is 11.6. The Morgan fingerprint density at radius 1 is 1.48 bits per heavy atom. The lowest BCUT2D eigenvalue weighted by Crippen LogP contribution is -2.37. The highest BCUT2D eigenvalue weighted by atomic mass is 16.3. The monoisotopic (exact) mass is 288 g/mol. The van der Waals surface area contributed by atoms with Crippen molar-refractivity contribution in [2.75, 3.05) is 6.54 Å². The molecule has 0 bridgehead atoms. The Hall–Kier alpha value is -2.55. The molecule has 0 aliphatic rings. The lowest BCUT2D eigenvalue weighted by molar-refractivity contribution is 0.0974. The van der Waals surface area contributed by atoms with Crippen LogP contribution in [-0.2, 0) is 0 Å². The fourth-order valence-corrected chi connectivity index (χ4v) is 1.77. The van der Waals surface area contributed by atoms with Gasteiger partial charge in [0.1, 0.15) is 5.75 Å². The highest BCUT2D eigenvalue weighted by molar-refractivity contribution is 6.07. The lowest BCUT2D eigenvalue weighted by atomic mass is 10.0. The number of aromatic hydroxyl groups is 1. The molecule has 0 saturated carbocycles. The van der Waals surface area contributed by atoms with Gasteiger partial charge >= 0.3 is 0 Å². The standard InChI is InChI=1S/C15H20N4O2/c1-4-10(5-2)9-18-15(16)19-14(21)12-8-11(17-3)6-7-13(12)20/h6-8,10,20H,4-5,9H2,1-2H3,(H3,16,18,19,21). The highest BCUT2D eigenvalue weighted by Crippen LogP contribution is 2.23. The van der Waals surface area contributed by atoms with E-state index in [1.54, 1.807) is 0 Å². The number of nitrogens with one attached hydrogen (secondary N) is 1. The van der Waals surface area contributed by atoms with Crippen molar-refractivity contribution < 1.29 is 9.90 Å². The molecule has 0 heterocycles. The molecule has 1 aromatic rings. The Kier molecular flexibility index (Phi) is 6.21. The van der Waals surface area contributed by atoms with Crippen LogP contribution in [0.15, 0.2) is 23.2 Å². The molecule has 0 unspecified atom stereocenters. The van der Waals surface area contributed by atoms with Crippen molar-refractivity contribution >= 4 is 17.6 Å². The molecule has 0 aliphatic carbocycles. The molecule has 0 spiro atoms. The first kappa shape index (κ1) is 16.5. The summed E-state index contributed by atoms with van der Waals surface area (Å²) >= 11 is 0. The van der Waals surface area contributed by atoms with Crippen LogP contribution in [0.4, 0.5) is 5.69 Å². The van der Waals surface area contributed by atoms with Crippen molar-refractivity contribution in [2.24, 2.45) is 16.6 Å². The summed E-state index contributed by atoms with van der Waals surface area (Å²) in [4.78, 5) is 19.3. The van der Waals surface area contributed by atoms with E-state index in [2.05, 4.69) is 29.0 Å². The summed E-state index contributed by atoms with van der Waals surface area (Å²) in [5.41, 5.74) is 5.94. The van der Waals surface area contributed by atoms with Crippen molar-refractivity contribution in [3.05, 3.63) is 35.2 Å². The van der Waals surface area contributed by atoms with Crippen molar-refractivity contribution in [2.45, 2.75) is 26.7 Å². The molecular formula is C15H20N4O2. The van der Waals surface area contributed by atoms with Crippen molar-refractivity contribution in [1.29, 1.82) is 0 Å². The summed E-state index contributed by atoms with van der Waals surface area (Å²) in [5.74, 6) is -0.338. The van der Waals surface area contributed by atoms with E-state index in [1.165, 1.54) is 18.2 Å². The molecule has 0 fully saturated rings. The maximum atomic E-state index is 12.0. The largest absolute Gasteiger partial charge is 0.507 e. The number of amides is 1. The summed E-state index contributed by atoms with van der Waals surface area (Å²) in [6, 6.07) is 4.05. The SMILES string of the molecule is [C-]#[N+]c1ccc(O)c(C(=O)NC(N)=NCC(CC)CC)c1. The number of hydrogen-bond acceptors (Lipinski definition) is 3. The summed E-state index contributed by atoms with van der Waals surface area (Å²) < 4.78 is 0. The fourth-order valence-electron chi connectivity index (χ4n) is 1.77. The quantitative estimate of drug-likeness (QED) is 0.441. The number of rotatable bonds is 5. The van der Waals surface area contributed by atoms with Gasteiger partial charge in [-0.05, 0) is 18.1 Å². The van der Waals surface area contributed by atoms with Gasteiger partial charge in [-0.3, -0.25) is 15.1 Å². The Morgan fingerprint density at radius 3 is 2.71 bits per heavy atom. The third-order valence-corrected chi connectivity index (χ3v) is 3.27. The second-order valence-corrected chi connectivity index (χ2v) is 4.68. The first-order valence-corrected chi connectivity index (χ1v) is 6.83.